The molecule has 0 aliphatic carbocycles. The molecular formula is C13H19NS. The van der Waals surface area contributed by atoms with E-state index in [0.29, 0.717) is 11.8 Å². The van der Waals surface area contributed by atoms with E-state index >= 15 is 0 Å². The zero-order valence-electron chi connectivity index (χ0n) is 9.44. The second-order valence-corrected chi connectivity index (χ2v) is 4.96. The normalized spacial score (nSPS) is 23.0. The molecule has 1 atom stereocenters. The average molecular weight is 221 g/mol. The molecule has 0 aromatic carbocycles. The van der Waals surface area contributed by atoms with Crippen molar-refractivity contribution in [2.75, 3.05) is 6.54 Å². The van der Waals surface area contributed by atoms with E-state index in [-0.39, 0.29) is 0 Å². The lowest BCUT2D eigenvalue weighted by Crippen LogP contribution is -2.12. The van der Waals surface area contributed by atoms with Crippen molar-refractivity contribution >= 4 is 11.8 Å². The Kier molecular flexibility index (Phi) is 5.51. The molecule has 1 nitrogen and oxygen atoms in total. The van der Waals surface area contributed by atoms with E-state index in [0.717, 1.165) is 6.42 Å². The third-order valence-corrected chi connectivity index (χ3v) is 3.64. The van der Waals surface area contributed by atoms with Crippen LogP contribution in [0.15, 0.2) is 46.9 Å². The summed E-state index contributed by atoms with van der Waals surface area (Å²) in [4.78, 5) is 1.41. The number of thioether (sulfide) groups is 1. The molecule has 15 heavy (non-hydrogen) atoms. The fraction of sp³-hybridized carbons (Fsp3) is 0.385. The molecular weight excluding hydrogens is 202 g/mol. The van der Waals surface area contributed by atoms with Crippen LogP contribution in [-0.2, 0) is 0 Å². The quantitative estimate of drug-likeness (QED) is 0.736. The maximum absolute atomic E-state index is 5.76. The molecule has 0 bridgehead atoms. The second kappa shape index (κ2) is 6.70. The number of hydrogen-bond donors (Lipinski definition) is 1. The SMILES string of the molecule is C\C=C/C=C\C=C(/CN)C1CC=C(C)S1. The van der Waals surface area contributed by atoms with Gasteiger partial charge in [-0.2, -0.15) is 0 Å². The Morgan fingerprint density at radius 1 is 1.53 bits per heavy atom. The van der Waals surface area contributed by atoms with Crippen LogP contribution in [0.2, 0.25) is 0 Å². The first-order valence-electron chi connectivity index (χ1n) is 5.29. The number of rotatable bonds is 4. The van der Waals surface area contributed by atoms with Crippen molar-refractivity contribution in [2.24, 2.45) is 5.73 Å². The van der Waals surface area contributed by atoms with Crippen molar-refractivity contribution in [3.8, 4) is 0 Å². The predicted molar refractivity (Wildman–Crippen MR) is 70.8 cm³/mol. The maximum Gasteiger partial charge on any atom is 0.0350 e. The van der Waals surface area contributed by atoms with Gasteiger partial charge in [-0.05, 0) is 30.7 Å². The molecule has 1 rings (SSSR count). The molecule has 2 N–H and O–H groups in total. The fourth-order valence-corrected chi connectivity index (χ4v) is 2.64. The summed E-state index contributed by atoms with van der Waals surface area (Å²) in [6, 6.07) is 0. The lowest BCUT2D eigenvalue weighted by Gasteiger charge is -2.11. The Morgan fingerprint density at radius 3 is 2.87 bits per heavy atom. The van der Waals surface area contributed by atoms with Crippen molar-refractivity contribution in [1.29, 1.82) is 0 Å². The molecule has 1 heterocycles. The molecule has 0 fully saturated rings. The third kappa shape index (κ3) is 4.10. The minimum absolute atomic E-state index is 0.560. The molecule has 0 aromatic rings. The molecule has 0 saturated carbocycles. The molecule has 0 aromatic heterocycles. The van der Waals surface area contributed by atoms with E-state index in [2.05, 4.69) is 25.2 Å². The highest BCUT2D eigenvalue weighted by molar-refractivity contribution is 8.04. The van der Waals surface area contributed by atoms with Gasteiger partial charge in [0.05, 0.1) is 0 Å². The number of allylic oxidation sites excluding steroid dienone is 7. The summed E-state index contributed by atoms with van der Waals surface area (Å²) in [6.45, 7) is 4.82. The van der Waals surface area contributed by atoms with Crippen LogP contribution in [0.1, 0.15) is 20.3 Å². The summed E-state index contributed by atoms with van der Waals surface area (Å²) in [6.07, 6.45) is 13.7. The maximum atomic E-state index is 5.76. The van der Waals surface area contributed by atoms with Crippen molar-refractivity contribution < 1.29 is 0 Å². The van der Waals surface area contributed by atoms with Gasteiger partial charge in [0.25, 0.3) is 0 Å². The first kappa shape index (κ1) is 12.3. The molecule has 82 valence electrons. The summed E-state index contributed by atoms with van der Waals surface area (Å²) in [5.74, 6) is 0. The van der Waals surface area contributed by atoms with Gasteiger partial charge in [0.15, 0.2) is 0 Å². The van der Waals surface area contributed by atoms with Crippen LogP contribution in [-0.4, -0.2) is 11.8 Å². The van der Waals surface area contributed by atoms with E-state index < -0.39 is 0 Å². The minimum Gasteiger partial charge on any atom is -0.327 e. The Hall–Kier alpha value is -0.730. The molecule has 2 heteroatoms. The van der Waals surface area contributed by atoms with Gasteiger partial charge >= 0.3 is 0 Å². The third-order valence-electron chi connectivity index (χ3n) is 2.32. The highest BCUT2D eigenvalue weighted by Crippen LogP contribution is 2.35. The lowest BCUT2D eigenvalue weighted by molar-refractivity contribution is 0.961. The first-order valence-corrected chi connectivity index (χ1v) is 6.17. The largest absolute Gasteiger partial charge is 0.327 e. The van der Waals surface area contributed by atoms with E-state index in [9.17, 15) is 0 Å². The molecule has 0 saturated heterocycles. The van der Waals surface area contributed by atoms with Crippen molar-refractivity contribution in [2.45, 2.75) is 25.5 Å². The van der Waals surface area contributed by atoms with Gasteiger partial charge in [-0.25, -0.2) is 0 Å². The van der Waals surface area contributed by atoms with Gasteiger partial charge in [0.2, 0.25) is 0 Å². The Labute approximate surface area is 96.8 Å². The zero-order valence-corrected chi connectivity index (χ0v) is 10.3. The van der Waals surface area contributed by atoms with Crippen LogP contribution in [0.3, 0.4) is 0 Å². The van der Waals surface area contributed by atoms with Gasteiger partial charge in [-0.15, -0.1) is 11.8 Å². The highest BCUT2D eigenvalue weighted by Gasteiger charge is 2.17. The van der Waals surface area contributed by atoms with Crippen LogP contribution < -0.4 is 5.73 Å². The van der Waals surface area contributed by atoms with Gasteiger partial charge in [-0.3, -0.25) is 0 Å². The number of hydrogen-bond acceptors (Lipinski definition) is 2. The van der Waals surface area contributed by atoms with Crippen LogP contribution >= 0.6 is 11.8 Å². The van der Waals surface area contributed by atoms with E-state index in [4.69, 9.17) is 5.73 Å². The summed E-state index contributed by atoms with van der Waals surface area (Å²) in [7, 11) is 0. The standard InChI is InChI=1S/C13H19NS/c1-3-4-5-6-7-12(10-14)13-9-8-11(2)15-13/h3-8,13H,9-10,14H2,1-2H3/b4-3-,6-5-,12-7+. The molecule has 0 radical (unpaired) electrons. The molecule has 1 aliphatic heterocycles. The molecule has 0 amide bonds. The Balaban J connectivity index is 2.56. The molecule has 1 unspecified atom stereocenters. The smallest absolute Gasteiger partial charge is 0.0350 e. The van der Waals surface area contributed by atoms with Crippen LogP contribution in [0.4, 0.5) is 0 Å². The summed E-state index contributed by atoms with van der Waals surface area (Å²) >= 11 is 1.92. The Bertz CT molecular complexity index is 310. The second-order valence-electron chi connectivity index (χ2n) is 3.51. The van der Waals surface area contributed by atoms with Gasteiger partial charge < -0.3 is 5.73 Å². The predicted octanol–water partition coefficient (Wildman–Crippen LogP) is 3.41. The van der Waals surface area contributed by atoms with Gasteiger partial charge in [0.1, 0.15) is 0 Å². The van der Waals surface area contributed by atoms with E-state index in [1.54, 1.807) is 0 Å². The Morgan fingerprint density at radius 2 is 2.33 bits per heavy atom. The van der Waals surface area contributed by atoms with Crippen molar-refractivity contribution in [1.82, 2.24) is 0 Å². The van der Waals surface area contributed by atoms with E-state index in [1.165, 1.54) is 10.5 Å². The fourth-order valence-electron chi connectivity index (χ4n) is 1.48. The average Bonchev–Trinajstić information content (AvgIpc) is 2.65. The van der Waals surface area contributed by atoms with Crippen LogP contribution in [0.5, 0.6) is 0 Å². The highest BCUT2D eigenvalue weighted by atomic mass is 32.2. The monoisotopic (exact) mass is 221 g/mol. The van der Waals surface area contributed by atoms with Crippen LogP contribution in [0.25, 0.3) is 0 Å². The molecule has 1 aliphatic rings. The first-order chi connectivity index (χ1) is 7.27. The van der Waals surface area contributed by atoms with Gasteiger partial charge in [0, 0.05) is 11.8 Å². The molecule has 0 spiro atoms. The lowest BCUT2D eigenvalue weighted by atomic mass is 10.1. The summed E-state index contributed by atoms with van der Waals surface area (Å²) in [5, 5.41) is 0.560. The van der Waals surface area contributed by atoms with E-state index in [1.807, 2.05) is 36.9 Å². The minimum atomic E-state index is 0.560. The van der Waals surface area contributed by atoms with Gasteiger partial charge in [-0.1, -0.05) is 36.5 Å². The number of nitrogens with two attached hydrogens (primary N) is 1. The topological polar surface area (TPSA) is 26.0 Å². The summed E-state index contributed by atoms with van der Waals surface area (Å²) in [5.41, 5.74) is 7.08. The summed E-state index contributed by atoms with van der Waals surface area (Å²) < 4.78 is 0. The van der Waals surface area contributed by atoms with Crippen molar-refractivity contribution in [3.63, 3.8) is 0 Å². The zero-order chi connectivity index (χ0) is 11.1. The van der Waals surface area contributed by atoms with Crippen molar-refractivity contribution in [3.05, 3.63) is 46.9 Å². The van der Waals surface area contributed by atoms with Crippen LogP contribution in [0, 0.1) is 0 Å².